The van der Waals surface area contributed by atoms with Crippen molar-refractivity contribution < 1.29 is 44.4 Å². The molecule has 1 rings (SSSR count). The van der Waals surface area contributed by atoms with E-state index >= 15 is 0 Å². The number of rotatable bonds is 5. The number of halogens is 5. The Bertz CT molecular complexity index is 467. The minimum atomic E-state index is -6.02. The van der Waals surface area contributed by atoms with Gasteiger partial charge in [0.25, 0.3) is 0 Å². The van der Waals surface area contributed by atoms with Crippen molar-refractivity contribution in [2.75, 3.05) is 0 Å². The molecule has 124 valence electrons. The molecule has 0 bridgehead atoms. The second-order valence-corrected chi connectivity index (χ2v) is 6.33. The number of carbonyl (C=O) groups is 1. The molecule has 0 aromatic carbocycles. The lowest BCUT2D eigenvalue weighted by Crippen LogP contribution is -2.36. The van der Waals surface area contributed by atoms with Crippen LogP contribution >= 0.6 is 0 Å². The average molecular weight is 340 g/mol. The Morgan fingerprint density at radius 3 is 2.05 bits per heavy atom. The van der Waals surface area contributed by atoms with Gasteiger partial charge in [-0.05, 0) is 17.2 Å². The van der Waals surface area contributed by atoms with E-state index in [2.05, 4.69) is 9.22 Å². The van der Waals surface area contributed by atoms with Gasteiger partial charge in [-0.3, -0.25) is 4.89 Å². The van der Waals surface area contributed by atoms with Gasteiger partial charge in [-0.25, -0.2) is 4.79 Å². The summed E-state index contributed by atoms with van der Waals surface area (Å²) in [7, 11) is -6.02. The number of hydrogen-bond donors (Lipinski definition) is 0. The monoisotopic (exact) mass is 340 g/mol. The van der Waals surface area contributed by atoms with E-state index in [0.717, 1.165) is 6.42 Å². The lowest BCUT2D eigenvalue weighted by molar-refractivity contribution is -0.223. The Morgan fingerprint density at radius 1 is 1.05 bits per heavy atom. The van der Waals surface area contributed by atoms with E-state index in [1.165, 1.54) is 0 Å². The number of hydrogen-bond acceptors (Lipinski definition) is 5. The van der Waals surface area contributed by atoms with Crippen LogP contribution in [0, 0.1) is 5.92 Å². The zero-order valence-electron chi connectivity index (χ0n) is 10.7. The van der Waals surface area contributed by atoms with Gasteiger partial charge in [0, 0.05) is 0 Å². The van der Waals surface area contributed by atoms with E-state index in [1.54, 1.807) is 0 Å². The second kappa shape index (κ2) is 6.42. The largest absolute Gasteiger partial charge is 0.396 e. The topological polar surface area (TPSA) is 69.7 Å². The fraction of sp³-hybridized carbons (Fsp3) is 0.900. The van der Waals surface area contributed by atoms with Gasteiger partial charge in [-0.2, -0.15) is 30.4 Å². The molecule has 0 amide bonds. The molecule has 0 aromatic rings. The lowest BCUT2D eigenvalue weighted by Gasteiger charge is -2.20. The molecule has 0 heterocycles. The van der Waals surface area contributed by atoms with E-state index in [4.69, 9.17) is 0 Å². The van der Waals surface area contributed by atoms with Crippen LogP contribution < -0.4 is 0 Å². The highest BCUT2D eigenvalue weighted by Crippen LogP contribution is 2.36. The van der Waals surface area contributed by atoms with Gasteiger partial charge in [-0.1, -0.05) is 19.3 Å². The highest BCUT2D eigenvalue weighted by atomic mass is 32.2. The van der Waals surface area contributed by atoms with Crippen LogP contribution in [-0.4, -0.2) is 25.8 Å². The Balaban J connectivity index is 2.61. The minimum absolute atomic E-state index is 0.376. The summed E-state index contributed by atoms with van der Waals surface area (Å²) in [6.07, 6.45) is -5.38. The normalized spacial score (nSPS) is 18.5. The molecule has 0 N–H and O–H groups in total. The van der Waals surface area contributed by atoms with Crippen molar-refractivity contribution in [1.82, 2.24) is 0 Å². The van der Waals surface area contributed by atoms with Crippen molar-refractivity contribution in [1.29, 1.82) is 0 Å². The molecule has 0 aliphatic heterocycles. The van der Waals surface area contributed by atoms with Crippen LogP contribution in [0.15, 0.2) is 0 Å². The van der Waals surface area contributed by atoms with Gasteiger partial charge in [0.15, 0.2) is 0 Å². The van der Waals surface area contributed by atoms with Crippen molar-refractivity contribution in [3.05, 3.63) is 0 Å². The highest BCUT2D eigenvalue weighted by Gasteiger charge is 2.55. The molecule has 11 heteroatoms. The molecule has 0 aromatic heterocycles. The lowest BCUT2D eigenvalue weighted by atomic mass is 9.89. The summed E-state index contributed by atoms with van der Waals surface area (Å²) in [6.45, 7) is 0. The summed E-state index contributed by atoms with van der Waals surface area (Å²) in [5.74, 6) is -1.88. The summed E-state index contributed by atoms with van der Waals surface area (Å²) < 4.78 is 86.8. The van der Waals surface area contributed by atoms with Gasteiger partial charge in [0.2, 0.25) is 0 Å². The summed E-state index contributed by atoms with van der Waals surface area (Å²) in [4.78, 5) is 15.2. The van der Waals surface area contributed by atoms with E-state index < -0.39 is 39.9 Å². The summed E-state index contributed by atoms with van der Waals surface area (Å²) >= 11 is 0. The van der Waals surface area contributed by atoms with Crippen molar-refractivity contribution in [2.24, 2.45) is 5.92 Å². The Hall–Kier alpha value is -0.970. The molecule has 5 nitrogen and oxygen atoms in total. The van der Waals surface area contributed by atoms with Gasteiger partial charge in [0.1, 0.15) is 6.42 Å². The third-order valence-corrected chi connectivity index (χ3v) is 4.04. The van der Waals surface area contributed by atoms with Crippen LogP contribution in [0.2, 0.25) is 0 Å². The van der Waals surface area contributed by atoms with Gasteiger partial charge < -0.3 is 0 Å². The van der Waals surface area contributed by atoms with Gasteiger partial charge >= 0.3 is 27.5 Å². The van der Waals surface area contributed by atoms with Crippen molar-refractivity contribution in [2.45, 2.75) is 50.0 Å². The van der Waals surface area contributed by atoms with Crippen LogP contribution in [0.5, 0.6) is 0 Å². The fourth-order valence-corrected chi connectivity index (χ4v) is 2.45. The first kappa shape index (κ1) is 18.1. The molecule has 0 saturated heterocycles. The van der Waals surface area contributed by atoms with Crippen LogP contribution in [-0.2, 0) is 24.1 Å². The Morgan fingerprint density at radius 2 is 1.57 bits per heavy atom. The first-order valence-corrected chi connectivity index (χ1v) is 7.44. The zero-order chi connectivity index (χ0) is 16.3. The van der Waals surface area contributed by atoms with Crippen molar-refractivity contribution >= 4 is 16.1 Å². The summed E-state index contributed by atoms with van der Waals surface area (Å²) in [6, 6.07) is 0. The second-order valence-electron chi connectivity index (χ2n) is 4.69. The van der Waals surface area contributed by atoms with E-state index in [9.17, 15) is 35.2 Å². The Labute approximate surface area is 117 Å². The van der Waals surface area contributed by atoms with Crippen LogP contribution in [0.1, 0.15) is 38.5 Å². The van der Waals surface area contributed by atoms with Gasteiger partial charge in [-0.15, -0.1) is 0 Å². The SMILES string of the molecule is O=C(OOS(=O)(=O)C(F)(F)CC(F)(F)F)C1CCCCC1. The molecular formula is C10H13F5O5S. The Kier molecular flexibility index (Phi) is 5.53. The standard InChI is InChI=1S/C10H13F5O5S/c11-9(12,13)6-10(14,15)21(17,18)20-19-8(16)7-4-2-1-3-5-7/h7H,1-6H2. The first-order chi connectivity index (χ1) is 9.45. The van der Waals surface area contributed by atoms with Crippen molar-refractivity contribution in [3.63, 3.8) is 0 Å². The average Bonchev–Trinajstić information content (AvgIpc) is 2.34. The quantitative estimate of drug-likeness (QED) is 0.437. The molecule has 0 unspecified atom stereocenters. The smallest absolute Gasteiger partial charge is 0.281 e. The maximum absolute atomic E-state index is 13.0. The molecule has 21 heavy (non-hydrogen) atoms. The molecule has 0 spiro atoms. The third-order valence-electron chi connectivity index (χ3n) is 2.92. The zero-order valence-corrected chi connectivity index (χ0v) is 11.5. The fourth-order valence-electron chi connectivity index (χ4n) is 1.86. The molecule has 1 aliphatic rings. The minimum Gasteiger partial charge on any atom is -0.281 e. The predicted molar refractivity (Wildman–Crippen MR) is 58.3 cm³/mol. The van der Waals surface area contributed by atoms with Crippen LogP contribution in [0.4, 0.5) is 22.0 Å². The van der Waals surface area contributed by atoms with E-state index in [-0.39, 0.29) is 0 Å². The molecule has 1 fully saturated rings. The molecule has 1 saturated carbocycles. The highest BCUT2D eigenvalue weighted by molar-refractivity contribution is 7.87. The summed E-state index contributed by atoms with van der Waals surface area (Å²) in [5, 5.41) is -5.24. The maximum atomic E-state index is 13.0. The van der Waals surface area contributed by atoms with E-state index in [1.807, 2.05) is 0 Å². The molecule has 0 radical (unpaired) electrons. The molecule has 0 atom stereocenters. The van der Waals surface area contributed by atoms with E-state index in [0.29, 0.717) is 25.7 Å². The third kappa shape index (κ3) is 5.38. The molecular weight excluding hydrogens is 327 g/mol. The predicted octanol–water partition coefficient (Wildman–Crippen LogP) is 2.92. The van der Waals surface area contributed by atoms with Gasteiger partial charge in [0.05, 0.1) is 5.92 Å². The molecule has 1 aliphatic carbocycles. The maximum Gasteiger partial charge on any atom is 0.396 e. The number of carbonyl (C=O) groups excluding carboxylic acids is 1. The van der Waals surface area contributed by atoms with Crippen molar-refractivity contribution in [3.8, 4) is 0 Å². The van der Waals surface area contributed by atoms with Crippen LogP contribution in [0.25, 0.3) is 0 Å². The van der Waals surface area contributed by atoms with Crippen LogP contribution in [0.3, 0.4) is 0 Å². The number of alkyl halides is 5. The first-order valence-electron chi connectivity index (χ1n) is 6.04. The summed E-state index contributed by atoms with van der Waals surface area (Å²) in [5.41, 5.74) is 0.